The summed E-state index contributed by atoms with van der Waals surface area (Å²) in [5, 5.41) is 45.0. The van der Waals surface area contributed by atoms with Crippen LogP contribution in [0, 0.1) is 16.2 Å². The van der Waals surface area contributed by atoms with E-state index >= 15 is 0 Å². The summed E-state index contributed by atoms with van der Waals surface area (Å²) in [5.41, 5.74) is -0.577. The van der Waals surface area contributed by atoms with Gasteiger partial charge in [-0.1, -0.05) is 33.8 Å². The van der Waals surface area contributed by atoms with E-state index in [4.69, 9.17) is 4.74 Å². The Morgan fingerprint density at radius 2 is 1.90 bits per heavy atom. The number of hydrogen-bond acceptors (Lipinski definition) is 7. The molecule has 0 radical (unpaired) electrons. The van der Waals surface area contributed by atoms with Gasteiger partial charge in [-0.05, 0) is 55.9 Å². The van der Waals surface area contributed by atoms with E-state index < -0.39 is 30.6 Å². The van der Waals surface area contributed by atoms with Gasteiger partial charge in [0.2, 0.25) is 0 Å². The first-order valence-corrected chi connectivity index (χ1v) is 10.8. The van der Waals surface area contributed by atoms with Crippen molar-refractivity contribution < 1.29 is 30.0 Å². The number of ether oxygens (including phenoxy) is 1. The van der Waals surface area contributed by atoms with Crippen molar-refractivity contribution in [3.63, 3.8) is 0 Å². The lowest BCUT2D eigenvalue weighted by atomic mass is 9.62. The number of allylic oxidation sites excluding steroid dienone is 1. The van der Waals surface area contributed by atoms with Crippen LogP contribution in [0.5, 0.6) is 0 Å². The predicted octanol–water partition coefficient (Wildman–Crippen LogP) is 1.87. The van der Waals surface area contributed by atoms with Crippen LogP contribution in [0.1, 0.15) is 67.2 Å². The highest BCUT2D eigenvalue weighted by Gasteiger charge is 2.42. The first kappa shape index (κ1) is 26.8. The number of carbonyl (C=O) groups excluding carboxylic acids is 1. The summed E-state index contributed by atoms with van der Waals surface area (Å²) in [6.07, 6.45) is 1.62. The topological polar surface area (TPSA) is 131 Å². The Morgan fingerprint density at radius 1 is 1.27 bits per heavy atom. The lowest BCUT2D eigenvalue weighted by Crippen LogP contribution is -2.51. The predicted molar refractivity (Wildman–Crippen MR) is 115 cm³/mol. The number of aliphatic hydroxyl groups excluding tert-OH is 3. The van der Waals surface area contributed by atoms with Gasteiger partial charge >= 0.3 is 6.09 Å². The van der Waals surface area contributed by atoms with Gasteiger partial charge in [-0.3, -0.25) is 5.32 Å². The number of carbonyl (C=O) groups is 1. The monoisotopic (exact) mass is 430 g/mol. The summed E-state index contributed by atoms with van der Waals surface area (Å²) < 4.78 is 5.18. The molecule has 176 valence electrons. The maximum Gasteiger partial charge on any atom is 0.407 e. The second-order valence-electron chi connectivity index (χ2n) is 10.0. The van der Waals surface area contributed by atoms with E-state index in [-0.39, 0.29) is 29.9 Å². The summed E-state index contributed by atoms with van der Waals surface area (Å²) >= 11 is 0. The Hall–Kier alpha value is -1.19. The third kappa shape index (κ3) is 7.50. The molecular weight excluding hydrogens is 388 g/mol. The number of rotatable bonds is 10. The summed E-state index contributed by atoms with van der Waals surface area (Å²) in [7, 11) is 0. The molecule has 1 amide bonds. The molecule has 4 atom stereocenters. The van der Waals surface area contributed by atoms with E-state index in [9.17, 15) is 25.2 Å². The molecule has 30 heavy (non-hydrogen) atoms. The molecule has 0 saturated heterocycles. The Labute approximate surface area is 180 Å². The minimum atomic E-state index is -1.78. The van der Waals surface area contributed by atoms with Crippen LogP contribution in [0.4, 0.5) is 4.79 Å². The van der Waals surface area contributed by atoms with E-state index in [2.05, 4.69) is 31.4 Å². The van der Waals surface area contributed by atoms with Crippen LogP contribution in [0.25, 0.3) is 0 Å². The third-order valence-corrected chi connectivity index (χ3v) is 6.44. The Bertz CT molecular complexity index is 588. The summed E-state index contributed by atoms with van der Waals surface area (Å²) in [4.78, 5) is 12.2. The average Bonchev–Trinajstić information content (AvgIpc) is 2.65. The quantitative estimate of drug-likeness (QED) is 0.230. The molecule has 4 unspecified atom stereocenters. The van der Waals surface area contributed by atoms with Crippen LogP contribution in [0.3, 0.4) is 0 Å². The molecule has 0 heterocycles. The molecule has 0 aliphatic heterocycles. The maximum atomic E-state index is 12.2. The number of amides is 1. The summed E-state index contributed by atoms with van der Waals surface area (Å²) in [5.74, 6) is 0. The summed E-state index contributed by atoms with van der Waals surface area (Å²) in [6, 6.07) is 0.105. The Kier molecular flexibility index (Phi) is 9.76. The normalized spacial score (nSPS) is 27.4. The molecule has 1 fully saturated rings. The molecule has 0 spiro atoms. The number of alkyl carbamates (subject to hydrolysis) is 1. The molecule has 8 nitrogen and oxygen atoms in total. The Balaban J connectivity index is 2.70. The van der Waals surface area contributed by atoms with E-state index in [1.54, 1.807) is 6.92 Å². The van der Waals surface area contributed by atoms with Crippen LogP contribution in [0.2, 0.25) is 0 Å². The van der Waals surface area contributed by atoms with Gasteiger partial charge in [0.1, 0.15) is 12.8 Å². The lowest BCUT2D eigenvalue weighted by molar-refractivity contribution is -0.169. The summed E-state index contributed by atoms with van der Waals surface area (Å²) in [6.45, 7) is 11.6. The van der Waals surface area contributed by atoms with Crippen LogP contribution >= 0.6 is 0 Å². The van der Waals surface area contributed by atoms with Crippen LogP contribution < -0.4 is 10.6 Å². The second kappa shape index (κ2) is 10.9. The highest BCUT2D eigenvalue weighted by atomic mass is 16.6. The zero-order valence-corrected chi connectivity index (χ0v) is 19.4. The molecule has 1 saturated carbocycles. The fraction of sp³-hybridized carbons (Fsp3) is 0.864. The first-order chi connectivity index (χ1) is 13.8. The molecule has 6 N–H and O–H groups in total. The van der Waals surface area contributed by atoms with Gasteiger partial charge in [-0.15, -0.1) is 0 Å². The van der Waals surface area contributed by atoms with E-state index in [1.807, 2.05) is 19.9 Å². The highest BCUT2D eigenvalue weighted by molar-refractivity contribution is 5.67. The maximum absolute atomic E-state index is 12.2. The van der Waals surface area contributed by atoms with Crippen LogP contribution in [0.15, 0.2) is 11.6 Å². The average molecular weight is 431 g/mol. The minimum Gasteiger partial charge on any atom is -0.449 e. The largest absolute Gasteiger partial charge is 0.449 e. The fourth-order valence-electron chi connectivity index (χ4n) is 4.54. The molecule has 1 rings (SSSR count). The van der Waals surface area contributed by atoms with Crippen molar-refractivity contribution in [1.82, 2.24) is 10.6 Å². The van der Waals surface area contributed by atoms with Crippen molar-refractivity contribution in [2.45, 2.75) is 85.8 Å². The van der Waals surface area contributed by atoms with Gasteiger partial charge in [0.15, 0.2) is 6.29 Å². The van der Waals surface area contributed by atoms with Gasteiger partial charge in [-0.2, -0.15) is 0 Å². The van der Waals surface area contributed by atoms with E-state index in [1.165, 1.54) is 0 Å². The van der Waals surface area contributed by atoms with Crippen molar-refractivity contribution >= 4 is 6.09 Å². The number of aliphatic hydroxyl groups is 4. The van der Waals surface area contributed by atoms with Crippen molar-refractivity contribution in [1.29, 1.82) is 0 Å². The molecule has 0 aromatic rings. The smallest absolute Gasteiger partial charge is 0.407 e. The van der Waals surface area contributed by atoms with Gasteiger partial charge in [0.25, 0.3) is 0 Å². The second-order valence-corrected chi connectivity index (χ2v) is 10.0. The minimum absolute atomic E-state index is 0.0368. The molecule has 0 aromatic carbocycles. The zero-order valence-electron chi connectivity index (χ0n) is 19.4. The fourth-order valence-corrected chi connectivity index (χ4v) is 4.54. The van der Waals surface area contributed by atoms with Crippen molar-refractivity contribution in [2.75, 3.05) is 19.8 Å². The third-order valence-electron chi connectivity index (χ3n) is 6.44. The molecule has 1 aliphatic carbocycles. The van der Waals surface area contributed by atoms with Crippen molar-refractivity contribution in [2.24, 2.45) is 16.2 Å². The van der Waals surface area contributed by atoms with Gasteiger partial charge in [0, 0.05) is 12.6 Å². The number of hydrogen-bond donors (Lipinski definition) is 6. The highest BCUT2D eigenvalue weighted by Crippen LogP contribution is 2.46. The van der Waals surface area contributed by atoms with Gasteiger partial charge in [-0.25, -0.2) is 4.79 Å². The molecule has 0 aromatic heterocycles. The molecular formula is C22H42N2O6. The van der Waals surface area contributed by atoms with Crippen molar-refractivity contribution in [3.8, 4) is 0 Å². The van der Waals surface area contributed by atoms with Crippen LogP contribution in [-0.2, 0) is 4.74 Å². The number of nitrogens with one attached hydrogen (secondary N) is 2. The van der Waals surface area contributed by atoms with E-state index in [0.29, 0.717) is 6.54 Å². The Morgan fingerprint density at radius 3 is 2.40 bits per heavy atom. The van der Waals surface area contributed by atoms with E-state index in [0.717, 1.165) is 24.8 Å². The standard InChI is InChI=1S/C22H42N2O6/c1-7-15(3)17(26)24-16-9-20(4,5)11-21(6,10-16)12-23-19(29)30-14-22(8-2,13-25)18(27)28/h7,16-18,24-28H,8-14H2,1-6H3,(H,23,29)/b15-7-. The first-order valence-electron chi connectivity index (χ1n) is 10.8. The van der Waals surface area contributed by atoms with Crippen LogP contribution in [-0.4, -0.2) is 64.8 Å². The molecule has 8 heteroatoms. The lowest BCUT2D eigenvalue weighted by Gasteiger charge is -2.47. The van der Waals surface area contributed by atoms with Gasteiger partial charge < -0.3 is 30.5 Å². The molecule has 0 bridgehead atoms. The van der Waals surface area contributed by atoms with Gasteiger partial charge in [0.05, 0.1) is 12.0 Å². The SMILES string of the molecule is C/C=C(/C)C(O)NC1CC(C)(C)CC(C)(CNC(=O)OCC(CC)(CO)C(O)O)C1. The van der Waals surface area contributed by atoms with Crippen molar-refractivity contribution in [3.05, 3.63) is 11.6 Å². The molecule has 1 aliphatic rings. The zero-order chi connectivity index (χ0) is 23.2.